The van der Waals surface area contributed by atoms with Crippen LogP contribution < -0.4 is 10.7 Å². The van der Waals surface area contributed by atoms with Gasteiger partial charge in [-0.25, -0.2) is 10.4 Å². The maximum atomic E-state index is 4.47. The number of nitrogens with zero attached hydrogens (tertiary/aromatic N) is 2. The molecule has 0 aliphatic carbocycles. The summed E-state index contributed by atoms with van der Waals surface area (Å²) in [5.74, 6) is 0.718. The summed E-state index contributed by atoms with van der Waals surface area (Å²) >= 11 is 0. The Morgan fingerprint density at radius 1 is 0.923 bits per heavy atom. The van der Waals surface area contributed by atoms with Crippen LogP contribution in [0.4, 0.5) is 0 Å². The molecule has 2 aromatic rings. The van der Waals surface area contributed by atoms with E-state index in [0.717, 1.165) is 35.9 Å². The molecule has 2 aromatic carbocycles. The molecular weight excluding hydrogens is 320 g/mol. The normalized spacial score (nSPS) is 13.7. The molecule has 4 nitrogen and oxygen atoms in total. The van der Waals surface area contributed by atoms with Crippen molar-refractivity contribution in [1.82, 2.24) is 10.7 Å². The summed E-state index contributed by atoms with van der Waals surface area (Å²) in [6, 6.07) is 16.8. The van der Waals surface area contributed by atoms with Crippen LogP contribution in [0.3, 0.4) is 0 Å². The highest BCUT2D eigenvalue weighted by molar-refractivity contribution is 6.09. The second-order valence-electron chi connectivity index (χ2n) is 6.29. The first-order chi connectivity index (χ1) is 12.7. The molecule has 0 atom stereocenters. The summed E-state index contributed by atoms with van der Waals surface area (Å²) in [6.45, 7) is 5.81. The first kappa shape index (κ1) is 17.7. The second kappa shape index (κ2) is 8.81. The van der Waals surface area contributed by atoms with Crippen molar-refractivity contribution >= 4 is 23.8 Å². The fourth-order valence-electron chi connectivity index (χ4n) is 2.44. The quantitative estimate of drug-likeness (QED) is 0.638. The Morgan fingerprint density at radius 3 is 1.92 bits per heavy atom. The smallest absolute Gasteiger partial charge is 0.212 e. The topological polar surface area (TPSA) is 48.8 Å². The SMILES string of the molecule is Cc1ccc(C=CC(C=Cc2ccc(C)cc2)=NNC2=NCCN2)cc1. The minimum absolute atomic E-state index is 0.718. The molecule has 4 heteroatoms. The van der Waals surface area contributed by atoms with Crippen LogP contribution in [0.5, 0.6) is 0 Å². The molecular formula is C22H24N4. The number of benzene rings is 2. The van der Waals surface area contributed by atoms with Crippen LogP contribution in [0.25, 0.3) is 12.2 Å². The molecule has 0 bridgehead atoms. The predicted molar refractivity (Wildman–Crippen MR) is 111 cm³/mol. The van der Waals surface area contributed by atoms with Crippen molar-refractivity contribution in [3.8, 4) is 0 Å². The lowest BCUT2D eigenvalue weighted by Crippen LogP contribution is -2.30. The molecule has 1 heterocycles. The van der Waals surface area contributed by atoms with Crippen LogP contribution in [0.15, 0.2) is 70.8 Å². The molecule has 0 aromatic heterocycles. The molecule has 0 amide bonds. The van der Waals surface area contributed by atoms with Gasteiger partial charge in [0.2, 0.25) is 5.96 Å². The van der Waals surface area contributed by atoms with E-state index in [-0.39, 0.29) is 0 Å². The summed E-state index contributed by atoms with van der Waals surface area (Å²) in [5.41, 5.74) is 8.61. The number of aliphatic imine (C=N–C) groups is 1. The summed E-state index contributed by atoms with van der Waals surface area (Å²) in [5, 5.41) is 7.63. The first-order valence-electron chi connectivity index (χ1n) is 8.80. The predicted octanol–water partition coefficient (Wildman–Crippen LogP) is 3.93. The zero-order valence-electron chi connectivity index (χ0n) is 15.2. The van der Waals surface area contributed by atoms with E-state index in [0.29, 0.717) is 0 Å². The molecule has 1 aliphatic rings. The number of aryl methyl sites for hydroxylation is 2. The molecule has 0 fully saturated rings. The van der Waals surface area contributed by atoms with E-state index < -0.39 is 0 Å². The molecule has 0 saturated carbocycles. The number of nitrogens with one attached hydrogen (secondary N) is 2. The summed E-state index contributed by atoms with van der Waals surface area (Å²) in [6.07, 6.45) is 8.11. The maximum absolute atomic E-state index is 4.47. The number of hydrogen-bond acceptors (Lipinski definition) is 4. The molecule has 26 heavy (non-hydrogen) atoms. The van der Waals surface area contributed by atoms with Gasteiger partial charge in [0.25, 0.3) is 0 Å². The third kappa shape index (κ3) is 5.45. The van der Waals surface area contributed by atoms with Gasteiger partial charge in [0.1, 0.15) is 0 Å². The summed E-state index contributed by atoms with van der Waals surface area (Å²) in [7, 11) is 0. The summed E-state index contributed by atoms with van der Waals surface area (Å²) in [4.78, 5) is 4.30. The molecule has 1 aliphatic heterocycles. The number of guanidine groups is 1. The Labute approximate surface area is 155 Å². The Morgan fingerprint density at radius 2 is 1.46 bits per heavy atom. The van der Waals surface area contributed by atoms with Crippen LogP contribution in [0, 0.1) is 13.8 Å². The van der Waals surface area contributed by atoms with E-state index in [1.54, 1.807) is 0 Å². The molecule has 3 rings (SSSR count). The molecule has 0 spiro atoms. The van der Waals surface area contributed by atoms with Gasteiger partial charge in [-0.2, -0.15) is 5.10 Å². The van der Waals surface area contributed by atoms with Crippen molar-refractivity contribution in [1.29, 1.82) is 0 Å². The Bertz CT molecular complexity index is 783. The number of hydrazone groups is 1. The van der Waals surface area contributed by atoms with Gasteiger partial charge in [-0.3, -0.25) is 0 Å². The van der Waals surface area contributed by atoms with Gasteiger partial charge >= 0.3 is 0 Å². The van der Waals surface area contributed by atoms with E-state index in [2.05, 4.69) is 95.4 Å². The fraction of sp³-hybridized carbons (Fsp3) is 0.182. The monoisotopic (exact) mass is 344 g/mol. The molecule has 0 saturated heterocycles. The Hall–Kier alpha value is -3.14. The van der Waals surface area contributed by atoms with Crippen molar-refractivity contribution in [2.45, 2.75) is 13.8 Å². The van der Waals surface area contributed by atoms with E-state index in [4.69, 9.17) is 0 Å². The van der Waals surface area contributed by atoms with E-state index in [9.17, 15) is 0 Å². The van der Waals surface area contributed by atoms with E-state index in [1.807, 2.05) is 12.2 Å². The minimum atomic E-state index is 0.718. The van der Waals surface area contributed by atoms with Crippen LogP contribution in [0.1, 0.15) is 22.3 Å². The highest BCUT2D eigenvalue weighted by atomic mass is 15.4. The average molecular weight is 344 g/mol. The molecule has 0 radical (unpaired) electrons. The van der Waals surface area contributed by atoms with Crippen molar-refractivity contribution < 1.29 is 0 Å². The number of rotatable bonds is 5. The van der Waals surface area contributed by atoms with E-state index in [1.165, 1.54) is 11.1 Å². The lowest BCUT2D eigenvalue weighted by atomic mass is 10.1. The van der Waals surface area contributed by atoms with Gasteiger partial charge in [-0.1, -0.05) is 71.8 Å². The lowest BCUT2D eigenvalue weighted by molar-refractivity contribution is 0.918. The fourth-order valence-corrected chi connectivity index (χ4v) is 2.44. The third-order valence-electron chi connectivity index (χ3n) is 4.01. The zero-order chi connectivity index (χ0) is 18.2. The van der Waals surface area contributed by atoms with Gasteiger partial charge in [0, 0.05) is 6.54 Å². The van der Waals surface area contributed by atoms with Crippen LogP contribution in [-0.4, -0.2) is 24.8 Å². The highest BCUT2D eigenvalue weighted by Gasteiger charge is 2.02. The highest BCUT2D eigenvalue weighted by Crippen LogP contribution is 2.07. The van der Waals surface area contributed by atoms with Crippen LogP contribution in [0.2, 0.25) is 0 Å². The number of hydrogen-bond donors (Lipinski definition) is 2. The standard InChI is InChI=1S/C22H24N4/c1-17-3-7-19(8-4-17)11-13-21(25-26-22-23-15-16-24-22)14-12-20-9-5-18(2)6-10-20/h3-14H,15-16H2,1-2H3,(H2,23,24,26). The van der Waals surface area contributed by atoms with Crippen molar-refractivity contribution in [3.05, 3.63) is 82.9 Å². The van der Waals surface area contributed by atoms with Crippen molar-refractivity contribution in [2.75, 3.05) is 13.1 Å². The van der Waals surface area contributed by atoms with Gasteiger partial charge < -0.3 is 5.32 Å². The van der Waals surface area contributed by atoms with Gasteiger partial charge in [-0.15, -0.1) is 0 Å². The van der Waals surface area contributed by atoms with Gasteiger partial charge in [-0.05, 0) is 37.1 Å². The molecule has 2 N–H and O–H groups in total. The zero-order valence-corrected chi connectivity index (χ0v) is 15.2. The molecule has 0 unspecified atom stereocenters. The van der Waals surface area contributed by atoms with Crippen molar-refractivity contribution in [2.24, 2.45) is 10.1 Å². The maximum Gasteiger partial charge on any atom is 0.212 e. The molecule has 132 valence electrons. The average Bonchev–Trinajstić information content (AvgIpc) is 3.17. The van der Waals surface area contributed by atoms with Crippen LogP contribution in [-0.2, 0) is 0 Å². The number of allylic oxidation sites excluding steroid dienone is 2. The van der Waals surface area contributed by atoms with E-state index >= 15 is 0 Å². The van der Waals surface area contributed by atoms with Gasteiger partial charge in [0.05, 0.1) is 12.3 Å². The largest absolute Gasteiger partial charge is 0.353 e. The van der Waals surface area contributed by atoms with Crippen molar-refractivity contribution in [3.63, 3.8) is 0 Å². The minimum Gasteiger partial charge on any atom is -0.353 e. The first-order valence-corrected chi connectivity index (χ1v) is 8.80. The second-order valence-corrected chi connectivity index (χ2v) is 6.29. The van der Waals surface area contributed by atoms with Crippen LogP contribution >= 0.6 is 0 Å². The third-order valence-corrected chi connectivity index (χ3v) is 4.01. The Balaban J connectivity index is 1.77. The van der Waals surface area contributed by atoms with Gasteiger partial charge in [0.15, 0.2) is 0 Å². The Kier molecular flexibility index (Phi) is 5.99. The summed E-state index contributed by atoms with van der Waals surface area (Å²) < 4.78 is 0. The lowest BCUT2D eigenvalue weighted by Gasteiger charge is -2.02.